The third-order valence-electron chi connectivity index (χ3n) is 3.73. The van der Waals surface area contributed by atoms with Crippen LogP contribution in [0, 0.1) is 11.8 Å². The number of carbonyl (C=O) groups excluding carboxylic acids is 1. The SMILES string of the molecule is COc1ccc(C(=O)C2CCC(C)C2)cc1OC. The molecule has 2 unspecified atom stereocenters. The monoisotopic (exact) mass is 248 g/mol. The minimum absolute atomic E-state index is 0.179. The Hall–Kier alpha value is -1.51. The zero-order chi connectivity index (χ0) is 13.1. The van der Waals surface area contributed by atoms with Crippen LogP contribution in [0.1, 0.15) is 36.5 Å². The smallest absolute Gasteiger partial charge is 0.166 e. The highest BCUT2D eigenvalue weighted by Gasteiger charge is 2.28. The van der Waals surface area contributed by atoms with Crippen molar-refractivity contribution in [1.29, 1.82) is 0 Å². The molecule has 0 radical (unpaired) electrons. The largest absolute Gasteiger partial charge is 0.493 e. The molecule has 3 heteroatoms. The fourth-order valence-corrected chi connectivity index (χ4v) is 2.67. The summed E-state index contributed by atoms with van der Waals surface area (Å²) in [5, 5.41) is 0. The number of rotatable bonds is 4. The molecule has 1 aliphatic carbocycles. The number of hydrogen-bond acceptors (Lipinski definition) is 3. The van der Waals surface area contributed by atoms with Gasteiger partial charge in [-0.25, -0.2) is 0 Å². The van der Waals surface area contributed by atoms with Crippen molar-refractivity contribution in [1.82, 2.24) is 0 Å². The van der Waals surface area contributed by atoms with E-state index in [2.05, 4.69) is 6.92 Å². The number of ketones is 1. The van der Waals surface area contributed by atoms with E-state index in [0.29, 0.717) is 17.4 Å². The Balaban J connectivity index is 2.20. The van der Waals surface area contributed by atoms with E-state index in [9.17, 15) is 4.79 Å². The molecular formula is C15H20O3. The molecule has 1 aliphatic rings. The maximum atomic E-state index is 12.4. The van der Waals surface area contributed by atoms with Gasteiger partial charge in [0.05, 0.1) is 14.2 Å². The molecule has 0 spiro atoms. The number of hydrogen-bond donors (Lipinski definition) is 0. The second-order valence-electron chi connectivity index (χ2n) is 5.05. The van der Waals surface area contributed by atoms with Gasteiger partial charge in [0.15, 0.2) is 17.3 Å². The van der Waals surface area contributed by atoms with Gasteiger partial charge in [0.1, 0.15) is 0 Å². The third-order valence-corrected chi connectivity index (χ3v) is 3.73. The highest BCUT2D eigenvalue weighted by atomic mass is 16.5. The van der Waals surface area contributed by atoms with Crippen LogP contribution in [0.2, 0.25) is 0 Å². The highest BCUT2D eigenvalue weighted by molar-refractivity contribution is 5.98. The van der Waals surface area contributed by atoms with E-state index >= 15 is 0 Å². The fourth-order valence-electron chi connectivity index (χ4n) is 2.67. The van der Waals surface area contributed by atoms with Crippen molar-refractivity contribution >= 4 is 5.78 Å². The quantitative estimate of drug-likeness (QED) is 0.767. The van der Waals surface area contributed by atoms with Crippen LogP contribution in [0.25, 0.3) is 0 Å². The Bertz CT molecular complexity index is 439. The van der Waals surface area contributed by atoms with E-state index in [1.54, 1.807) is 26.4 Å². The first kappa shape index (κ1) is 12.9. The molecule has 2 rings (SSSR count). The summed E-state index contributed by atoms with van der Waals surface area (Å²) in [5.41, 5.74) is 0.728. The van der Waals surface area contributed by atoms with Crippen molar-refractivity contribution < 1.29 is 14.3 Å². The predicted octanol–water partition coefficient (Wildman–Crippen LogP) is 3.32. The first-order valence-corrected chi connectivity index (χ1v) is 6.42. The Labute approximate surface area is 108 Å². The minimum atomic E-state index is 0.179. The maximum Gasteiger partial charge on any atom is 0.166 e. The van der Waals surface area contributed by atoms with Gasteiger partial charge in [0, 0.05) is 11.5 Å². The van der Waals surface area contributed by atoms with Crippen LogP contribution < -0.4 is 9.47 Å². The van der Waals surface area contributed by atoms with Gasteiger partial charge in [0.25, 0.3) is 0 Å². The molecule has 3 nitrogen and oxygen atoms in total. The molecule has 1 aromatic carbocycles. The predicted molar refractivity (Wildman–Crippen MR) is 70.4 cm³/mol. The summed E-state index contributed by atoms with van der Waals surface area (Å²) in [4.78, 5) is 12.4. The van der Waals surface area contributed by atoms with E-state index < -0.39 is 0 Å². The Kier molecular flexibility index (Phi) is 3.90. The summed E-state index contributed by atoms with van der Waals surface area (Å²) in [6, 6.07) is 5.40. The summed E-state index contributed by atoms with van der Waals surface area (Å²) in [6.45, 7) is 2.21. The molecule has 1 saturated carbocycles. The van der Waals surface area contributed by atoms with E-state index in [-0.39, 0.29) is 11.7 Å². The number of benzene rings is 1. The summed E-state index contributed by atoms with van der Waals surface area (Å²) < 4.78 is 10.4. The zero-order valence-electron chi connectivity index (χ0n) is 11.2. The second-order valence-corrected chi connectivity index (χ2v) is 5.05. The summed E-state index contributed by atoms with van der Waals surface area (Å²) in [5.74, 6) is 2.36. The van der Waals surface area contributed by atoms with E-state index in [0.717, 1.165) is 24.8 Å². The molecule has 98 valence electrons. The van der Waals surface area contributed by atoms with Gasteiger partial charge < -0.3 is 9.47 Å². The molecule has 1 fully saturated rings. The lowest BCUT2D eigenvalue weighted by Gasteiger charge is -2.12. The molecule has 18 heavy (non-hydrogen) atoms. The van der Waals surface area contributed by atoms with E-state index in [1.165, 1.54) is 0 Å². The molecule has 0 heterocycles. The molecule has 1 aromatic rings. The lowest BCUT2D eigenvalue weighted by atomic mass is 9.95. The van der Waals surface area contributed by atoms with Gasteiger partial charge in [-0.05, 0) is 43.4 Å². The van der Waals surface area contributed by atoms with Crippen molar-refractivity contribution in [3.05, 3.63) is 23.8 Å². The average Bonchev–Trinajstić information content (AvgIpc) is 2.83. The van der Waals surface area contributed by atoms with Crippen LogP contribution in [-0.4, -0.2) is 20.0 Å². The zero-order valence-corrected chi connectivity index (χ0v) is 11.2. The van der Waals surface area contributed by atoms with Crippen LogP contribution in [-0.2, 0) is 0 Å². The molecular weight excluding hydrogens is 228 g/mol. The van der Waals surface area contributed by atoms with Crippen LogP contribution in [0.15, 0.2) is 18.2 Å². The number of ether oxygens (including phenoxy) is 2. The molecule has 0 N–H and O–H groups in total. The van der Waals surface area contributed by atoms with Crippen LogP contribution in [0.4, 0.5) is 0 Å². The van der Waals surface area contributed by atoms with Crippen molar-refractivity contribution in [2.45, 2.75) is 26.2 Å². The topological polar surface area (TPSA) is 35.5 Å². The second kappa shape index (κ2) is 5.42. The fraction of sp³-hybridized carbons (Fsp3) is 0.533. The van der Waals surface area contributed by atoms with E-state index in [4.69, 9.17) is 9.47 Å². The Morgan fingerprint density at radius 3 is 2.44 bits per heavy atom. The van der Waals surface area contributed by atoms with Gasteiger partial charge in [-0.2, -0.15) is 0 Å². The van der Waals surface area contributed by atoms with Crippen LogP contribution in [0.5, 0.6) is 11.5 Å². The average molecular weight is 248 g/mol. The van der Waals surface area contributed by atoms with E-state index in [1.807, 2.05) is 6.07 Å². The molecule has 0 amide bonds. The number of Topliss-reactive ketones (excluding diaryl/α,β-unsaturated/α-hetero) is 1. The summed E-state index contributed by atoms with van der Waals surface area (Å²) in [6.07, 6.45) is 3.17. The van der Waals surface area contributed by atoms with Gasteiger partial charge in [-0.1, -0.05) is 6.92 Å². The lowest BCUT2D eigenvalue weighted by molar-refractivity contribution is 0.0920. The van der Waals surface area contributed by atoms with Gasteiger partial charge in [0.2, 0.25) is 0 Å². The van der Waals surface area contributed by atoms with Gasteiger partial charge in [-0.3, -0.25) is 4.79 Å². The van der Waals surface area contributed by atoms with Crippen LogP contribution in [0.3, 0.4) is 0 Å². The van der Waals surface area contributed by atoms with Crippen LogP contribution >= 0.6 is 0 Å². The van der Waals surface area contributed by atoms with Gasteiger partial charge in [-0.15, -0.1) is 0 Å². The number of carbonyl (C=O) groups is 1. The Morgan fingerprint density at radius 1 is 1.17 bits per heavy atom. The highest BCUT2D eigenvalue weighted by Crippen LogP contribution is 2.34. The third kappa shape index (κ3) is 2.50. The molecule has 2 atom stereocenters. The van der Waals surface area contributed by atoms with Crippen molar-refractivity contribution in [2.24, 2.45) is 11.8 Å². The molecule has 0 aromatic heterocycles. The first-order valence-electron chi connectivity index (χ1n) is 6.42. The van der Waals surface area contributed by atoms with Gasteiger partial charge >= 0.3 is 0 Å². The first-order chi connectivity index (χ1) is 8.65. The van der Waals surface area contributed by atoms with Crippen molar-refractivity contribution in [2.75, 3.05) is 14.2 Å². The normalized spacial score (nSPS) is 22.8. The maximum absolute atomic E-state index is 12.4. The molecule has 0 saturated heterocycles. The van der Waals surface area contributed by atoms with Crippen molar-refractivity contribution in [3.63, 3.8) is 0 Å². The minimum Gasteiger partial charge on any atom is -0.493 e. The molecule has 0 aliphatic heterocycles. The lowest BCUT2D eigenvalue weighted by Crippen LogP contribution is -2.11. The molecule has 0 bridgehead atoms. The number of methoxy groups -OCH3 is 2. The summed E-state index contributed by atoms with van der Waals surface area (Å²) >= 11 is 0. The Morgan fingerprint density at radius 2 is 1.89 bits per heavy atom. The van der Waals surface area contributed by atoms with Crippen molar-refractivity contribution in [3.8, 4) is 11.5 Å². The summed E-state index contributed by atoms with van der Waals surface area (Å²) in [7, 11) is 3.18. The standard InChI is InChI=1S/C15H20O3/c1-10-4-5-11(8-10)15(16)12-6-7-13(17-2)14(9-12)18-3/h6-7,9-11H,4-5,8H2,1-3H3.